The number of primary amides is 1. The number of halogens is 1. The second-order valence-corrected chi connectivity index (χ2v) is 6.79. The summed E-state index contributed by atoms with van der Waals surface area (Å²) in [4.78, 5) is 24.1. The van der Waals surface area contributed by atoms with E-state index in [4.69, 9.17) is 10.5 Å². The largest absolute Gasteiger partial charge is 0.486 e. The van der Waals surface area contributed by atoms with Crippen molar-refractivity contribution in [1.82, 2.24) is 5.32 Å². The topological polar surface area (TPSA) is 81.4 Å². The Bertz CT molecular complexity index is 860. The van der Waals surface area contributed by atoms with Gasteiger partial charge in [-0.25, -0.2) is 0 Å². The zero-order valence-electron chi connectivity index (χ0n) is 14.3. The van der Waals surface area contributed by atoms with E-state index >= 15 is 0 Å². The van der Waals surface area contributed by atoms with Crippen LogP contribution in [0.5, 0.6) is 5.75 Å². The standard InChI is InChI=1S/C20H20N2O3.ClH/c21-19(24)15-3-1-2-13(10-15)14-4-5-18-16(11-14)17(23)12-20(25-18)6-8-22-9-7-20;/h1-5,10-11,22H,6-9,12H2,(H2,21,24);1H. The van der Waals surface area contributed by atoms with E-state index in [1.54, 1.807) is 18.2 Å². The number of nitrogens with two attached hydrogens (primary N) is 1. The highest BCUT2D eigenvalue weighted by Gasteiger charge is 2.41. The Balaban J connectivity index is 0.00000196. The fourth-order valence-corrected chi connectivity index (χ4v) is 3.69. The Morgan fingerprint density at radius 3 is 2.54 bits per heavy atom. The first-order valence-corrected chi connectivity index (χ1v) is 8.54. The maximum atomic E-state index is 12.7. The minimum absolute atomic E-state index is 0. The lowest BCUT2D eigenvalue weighted by Gasteiger charge is -2.41. The van der Waals surface area contributed by atoms with Crippen molar-refractivity contribution >= 4 is 24.1 Å². The van der Waals surface area contributed by atoms with Crippen molar-refractivity contribution in [2.24, 2.45) is 5.73 Å². The number of amides is 1. The summed E-state index contributed by atoms with van der Waals surface area (Å²) in [6.45, 7) is 1.75. The number of piperidine rings is 1. The number of benzene rings is 2. The normalized spacial score (nSPS) is 17.8. The molecule has 6 heteroatoms. The van der Waals surface area contributed by atoms with Crippen LogP contribution in [0, 0.1) is 0 Å². The Morgan fingerprint density at radius 2 is 1.81 bits per heavy atom. The SMILES string of the molecule is Cl.NC(=O)c1cccc(-c2ccc3c(c2)C(=O)CC2(CCNCC2)O3)c1. The predicted octanol–water partition coefficient (Wildman–Crippen LogP) is 2.96. The highest BCUT2D eigenvalue weighted by atomic mass is 35.5. The number of carbonyl (C=O) groups excluding carboxylic acids is 2. The molecule has 5 nitrogen and oxygen atoms in total. The van der Waals surface area contributed by atoms with Gasteiger partial charge in [-0.15, -0.1) is 12.4 Å². The summed E-state index contributed by atoms with van der Waals surface area (Å²) in [6.07, 6.45) is 2.12. The van der Waals surface area contributed by atoms with Crippen LogP contribution in [-0.4, -0.2) is 30.4 Å². The van der Waals surface area contributed by atoms with Crippen molar-refractivity contribution in [3.63, 3.8) is 0 Å². The number of rotatable bonds is 2. The Kier molecular flexibility index (Phi) is 5.03. The molecular weight excluding hydrogens is 352 g/mol. The minimum Gasteiger partial charge on any atom is -0.486 e. The minimum atomic E-state index is -0.466. The predicted molar refractivity (Wildman–Crippen MR) is 102 cm³/mol. The number of carbonyl (C=O) groups is 2. The van der Waals surface area contributed by atoms with Gasteiger partial charge in [0, 0.05) is 18.4 Å². The molecule has 1 spiro atoms. The molecule has 0 atom stereocenters. The van der Waals surface area contributed by atoms with Gasteiger partial charge in [0.15, 0.2) is 5.78 Å². The molecule has 0 radical (unpaired) electrons. The van der Waals surface area contributed by atoms with E-state index in [1.807, 2.05) is 24.3 Å². The molecule has 2 heterocycles. The molecule has 2 aliphatic heterocycles. The van der Waals surface area contributed by atoms with Crippen molar-refractivity contribution in [2.45, 2.75) is 24.9 Å². The number of hydrogen-bond donors (Lipinski definition) is 2. The molecule has 3 N–H and O–H groups in total. The number of fused-ring (bicyclic) bond motifs is 1. The lowest BCUT2D eigenvalue weighted by Crippen LogP contribution is -2.49. The van der Waals surface area contributed by atoms with Crippen molar-refractivity contribution < 1.29 is 14.3 Å². The summed E-state index contributed by atoms with van der Waals surface area (Å²) in [7, 11) is 0. The number of hydrogen-bond acceptors (Lipinski definition) is 4. The van der Waals surface area contributed by atoms with Crippen molar-refractivity contribution in [3.8, 4) is 16.9 Å². The van der Waals surface area contributed by atoms with Gasteiger partial charge >= 0.3 is 0 Å². The summed E-state index contributed by atoms with van der Waals surface area (Å²) in [5, 5.41) is 3.31. The van der Waals surface area contributed by atoms with Gasteiger partial charge in [0.05, 0.1) is 12.0 Å². The molecule has 0 aliphatic carbocycles. The van der Waals surface area contributed by atoms with Crippen LogP contribution in [0.1, 0.15) is 40.0 Å². The van der Waals surface area contributed by atoms with E-state index in [1.165, 1.54) is 0 Å². The zero-order valence-corrected chi connectivity index (χ0v) is 15.1. The second kappa shape index (κ2) is 7.09. The Hall–Kier alpha value is -2.37. The molecule has 26 heavy (non-hydrogen) atoms. The molecule has 1 saturated heterocycles. The van der Waals surface area contributed by atoms with Gasteiger partial charge in [-0.05, 0) is 48.5 Å². The van der Waals surface area contributed by atoms with E-state index < -0.39 is 5.91 Å². The fourth-order valence-electron chi connectivity index (χ4n) is 3.69. The van der Waals surface area contributed by atoms with E-state index in [9.17, 15) is 9.59 Å². The van der Waals surface area contributed by atoms with Crippen LogP contribution in [0.25, 0.3) is 11.1 Å². The summed E-state index contributed by atoms with van der Waals surface area (Å²) in [5.74, 6) is 0.316. The third-order valence-electron chi connectivity index (χ3n) is 5.08. The first kappa shape index (κ1) is 18.4. The third-order valence-corrected chi connectivity index (χ3v) is 5.08. The molecule has 0 bridgehead atoms. The van der Waals surface area contributed by atoms with E-state index in [0.29, 0.717) is 23.3 Å². The van der Waals surface area contributed by atoms with E-state index in [2.05, 4.69) is 5.32 Å². The van der Waals surface area contributed by atoms with Gasteiger partial charge in [0.25, 0.3) is 0 Å². The lowest BCUT2D eigenvalue weighted by molar-refractivity contribution is 0.0187. The van der Waals surface area contributed by atoms with Crippen LogP contribution >= 0.6 is 12.4 Å². The quantitative estimate of drug-likeness (QED) is 0.849. The molecule has 1 fully saturated rings. The van der Waals surface area contributed by atoms with Crippen LogP contribution in [0.2, 0.25) is 0 Å². The molecule has 2 aliphatic rings. The van der Waals surface area contributed by atoms with Gasteiger partial charge < -0.3 is 15.8 Å². The summed E-state index contributed by atoms with van der Waals surface area (Å²) in [5.41, 5.74) is 7.79. The smallest absolute Gasteiger partial charge is 0.248 e. The third kappa shape index (κ3) is 3.32. The zero-order chi connectivity index (χ0) is 17.4. The van der Waals surface area contributed by atoms with Gasteiger partial charge in [-0.3, -0.25) is 9.59 Å². The number of ketones is 1. The van der Waals surface area contributed by atoms with Gasteiger partial charge in [0.1, 0.15) is 11.4 Å². The van der Waals surface area contributed by atoms with Crippen LogP contribution < -0.4 is 15.8 Å². The van der Waals surface area contributed by atoms with E-state index in [0.717, 1.165) is 37.1 Å². The average Bonchev–Trinajstić information content (AvgIpc) is 2.62. The molecule has 0 aromatic heterocycles. The lowest BCUT2D eigenvalue weighted by atomic mass is 9.82. The van der Waals surface area contributed by atoms with Crippen molar-refractivity contribution in [1.29, 1.82) is 0 Å². The summed E-state index contributed by atoms with van der Waals surface area (Å²) >= 11 is 0. The van der Waals surface area contributed by atoms with Crippen LogP contribution in [0.15, 0.2) is 42.5 Å². The van der Waals surface area contributed by atoms with Crippen LogP contribution in [0.4, 0.5) is 0 Å². The highest BCUT2D eigenvalue weighted by Crippen LogP contribution is 2.39. The highest BCUT2D eigenvalue weighted by molar-refractivity contribution is 6.01. The second-order valence-electron chi connectivity index (χ2n) is 6.79. The van der Waals surface area contributed by atoms with Gasteiger partial charge in [-0.1, -0.05) is 18.2 Å². The van der Waals surface area contributed by atoms with Crippen molar-refractivity contribution in [3.05, 3.63) is 53.6 Å². The number of ether oxygens (including phenoxy) is 1. The molecule has 0 unspecified atom stereocenters. The first-order valence-electron chi connectivity index (χ1n) is 8.54. The maximum Gasteiger partial charge on any atom is 0.248 e. The molecule has 2 aromatic carbocycles. The first-order chi connectivity index (χ1) is 12.1. The van der Waals surface area contributed by atoms with Crippen molar-refractivity contribution in [2.75, 3.05) is 13.1 Å². The molecule has 1 amide bonds. The Morgan fingerprint density at radius 1 is 1.08 bits per heavy atom. The molecule has 136 valence electrons. The molecule has 0 saturated carbocycles. The summed E-state index contributed by atoms with van der Waals surface area (Å²) < 4.78 is 6.25. The fraction of sp³-hybridized carbons (Fsp3) is 0.300. The average molecular weight is 373 g/mol. The van der Waals surface area contributed by atoms with Crippen LogP contribution in [-0.2, 0) is 0 Å². The number of nitrogens with one attached hydrogen (secondary N) is 1. The number of Topliss-reactive ketones (excluding diaryl/α,β-unsaturated/α-hetero) is 1. The molecular formula is C20H21ClN2O3. The Labute approximate surface area is 158 Å². The molecule has 2 aromatic rings. The van der Waals surface area contributed by atoms with Crippen LogP contribution in [0.3, 0.4) is 0 Å². The molecule has 4 rings (SSSR count). The summed E-state index contributed by atoms with van der Waals surface area (Å²) in [6, 6.07) is 12.8. The maximum absolute atomic E-state index is 12.7. The van der Waals surface area contributed by atoms with E-state index in [-0.39, 0.29) is 23.8 Å². The van der Waals surface area contributed by atoms with Gasteiger partial charge in [0.2, 0.25) is 5.91 Å². The monoisotopic (exact) mass is 372 g/mol. The van der Waals surface area contributed by atoms with Gasteiger partial charge in [-0.2, -0.15) is 0 Å².